The molecule has 0 saturated carbocycles. The second-order valence-electron chi connectivity index (χ2n) is 12.1. The van der Waals surface area contributed by atoms with Crippen LogP contribution in [0.2, 0.25) is 5.02 Å². The highest BCUT2D eigenvalue weighted by molar-refractivity contribution is 7.92. The maximum atomic E-state index is 14.6. The van der Waals surface area contributed by atoms with E-state index in [4.69, 9.17) is 16.3 Å². The van der Waals surface area contributed by atoms with Crippen molar-refractivity contribution in [2.45, 2.75) is 57.1 Å². The number of ether oxygens (including phenoxy) is 1. The number of nitrogens with one attached hydrogen (secondary N) is 1. The number of carbonyl (C=O) groups is 2. The van der Waals surface area contributed by atoms with Gasteiger partial charge in [0.15, 0.2) is 0 Å². The Morgan fingerprint density at radius 1 is 0.870 bits per heavy atom. The van der Waals surface area contributed by atoms with Gasteiger partial charge < -0.3 is 15.0 Å². The average molecular weight is 662 g/mol. The predicted octanol–water partition coefficient (Wildman–Crippen LogP) is 6.41. The molecule has 46 heavy (non-hydrogen) atoms. The molecule has 0 spiro atoms. The first-order chi connectivity index (χ1) is 21.8. The van der Waals surface area contributed by atoms with E-state index in [1.54, 1.807) is 62.6 Å². The maximum absolute atomic E-state index is 14.6. The number of sulfonamides is 1. The van der Waals surface area contributed by atoms with Crippen molar-refractivity contribution in [3.8, 4) is 5.75 Å². The number of amides is 2. The molecule has 0 heterocycles. The van der Waals surface area contributed by atoms with Gasteiger partial charge in [0.2, 0.25) is 11.8 Å². The monoisotopic (exact) mass is 661 g/mol. The molecule has 0 bridgehead atoms. The Hall–Kier alpha value is -4.34. The third-order valence-corrected chi connectivity index (χ3v) is 9.30. The molecule has 0 aliphatic heterocycles. The van der Waals surface area contributed by atoms with E-state index >= 15 is 0 Å². The Morgan fingerprint density at radius 3 is 2.11 bits per heavy atom. The standard InChI is InChI=1S/C36H40ClN3O5S/c1-26-21-29(37)19-20-32(26)40(46(43,44)31-17-10-7-11-18-31)25-34(41)39(24-28-15-12-16-30(22-28)45-5)33(35(42)38-36(2,3)4)23-27-13-8-6-9-14-27/h6-22,33H,23-25H2,1-5H3,(H,38,42). The highest BCUT2D eigenvalue weighted by Crippen LogP contribution is 2.30. The van der Waals surface area contributed by atoms with Crippen molar-refractivity contribution >= 4 is 39.1 Å². The van der Waals surface area contributed by atoms with Crippen LogP contribution in [0.4, 0.5) is 5.69 Å². The van der Waals surface area contributed by atoms with Gasteiger partial charge >= 0.3 is 0 Å². The van der Waals surface area contributed by atoms with Crippen LogP contribution in [0.1, 0.15) is 37.5 Å². The van der Waals surface area contributed by atoms with E-state index in [1.807, 2.05) is 63.2 Å². The summed E-state index contributed by atoms with van der Waals surface area (Å²) in [5.41, 5.74) is 1.86. The highest BCUT2D eigenvalue weighted by atomic mass is 35.5. The molecule has 10 heteroatoms. The van der Waals surface area contributed by atoms with Gasteiger partial charge in [-0.2, -0.15) is 0 Å². The zero-order valence-corrected chi connectivity index (χ0v) is 28.3. The van der Waals surface area contributed by atoms with Gasteiger partial charge in [0, 0.05) is 23.5 Å². The molecule has 1 atom stereocenters. The Balaban J connectivity index is 1.85. The number of halogens is 1. The molecular formula is C36H40ClN3O5S. The molecule has 1 N–H and O–H groups in total. The van der Waals surface area contributed by atoms with E-state index in [-0.39, 0.29) is 23.8 Å². The molecule has 4 aromatic carbocycles. The molecule has 8 nitrogen and oxygen atoms in total. The first-order valence-corrected chi connectivity index (χ1v) is 16.7. The second kappa shape index (κ2) is 14.8. The van der Waals surface area contributed by atoms with Crippen molar-refractivity contribution in [1.29, 1.82) is 0 Å². The van der Waals surface area contributed by atoms with Crippen molar-refractivity contribution in [1.82, 2.24) is 10.2 Å². The van der Waals surface area contributed by atoms with Crippen molar-refractivity contribution in [2.75, 3.05) is 18.0 Å². The fraction of sp³-hybridized carbons (Fsp3) is 0.278. The number of aryl methyl sites for hydroxylation is 1. The summed E-state index contributed by atoms with van der Waals surface area (Å²) >= 11 is 6.23. The lowest BCUT2D eigenvalue weighted by atomic mass is 10.0. The number of hydrogen-bond acceptors (Lipinski definition) is 5. The van der Waals surface area contributed by atoms with Crippen molar-refractivity contribution < 1.29 is 22.7 Å². The van der Waals surface area contributed by atoms with Crippen LogP contribution in [0.5, 0.6) is 5.75 Å². The van der Waals surface area contributed by atoms with Crippen molar-refractivity contribution in [3.63, 3.8) is 0 Å². The average Bonchev–Trinajstić information content (AvgIpc) is 3.02. The molecule has 0 aromatic heterocycles. The minimum Gasteiger partial charge on any atom is -0.497 e. The third-order valence-electron chi connectivity index (χ3n) is 7.29. The van der Waals surface area contributed by atoms with Gasteiger partial charge in [-0.05, 0) is 86.8 Å². The van der Waals surface area contributed by atoms with Gasteiger partial charge in [-0.3, -0.25) is 13.9 Å². The molecule has 2 amide bonds. The predicted molar refractivity (Wildman–Crippen MR) is 183 cm³/mol. The SMILES string of the molecule is COc1cccc(CN(C(=O)CN(c2ccc(Cl)cc2C)S(=O)(=O)c2ccccc2)C(Cc2ccccc2)C(=O)NC(C)(C)C)c1. The molecule has 0 radical (unpaired) electrons. The Bertz CT molecular complexity index is 1760. The topological polar surface area (TPSA) is 96.0 Å². The van der Waals surface area contributed by atoms with Gasteiger partial charge in [0.25, 0.3) is 10.0 Å². The number of hydrogen-bond donors (Lipinski definition) is 1. The molecule has 0 aliphatic rings. The summed E-state index contributed by atoms with van der Waals surface area (Å²) in [5.74, 6) is -0.317. The van der Waals surface area contributed by atoms with Gasteiger partial charge in [-0.1, -0.05) is 72.3 Å². The number of benzene rings is 4. The Morgan fingerprint density at radius 2 is 1.50 bits per heavy atom. The number of anilines is 1. The van der Waals surface area contributed by atoms with Crippen LogP contribution in [0, 0.1) is 6.92 Å². The van der Waals surface area contributed by atoms with Crippen LogP contribution in [0.25, 0.3) is 0 Å². The molecule has 4 rings (SSSR count). The number of methoxy groups -OCH3 is 1. The van der Waals surface area contributed by atoms with E-state index in [0.717, 1.165) is 15.4 Å². The highest BCUT2D eigenvalue weighted by Gasteiger charge is 2.36. The quantitative estimate of drug-likeness (QED) is 0.189. The fourth-order valence-corrected chi connectivity index (χ4v) is 6.83. The van der Waals surface area contributed by atoms with E-state index < -0.39 is 34.1 Å². The van der Waals surface area contributed by atoms with E-state index in [2.05, 4.69) is 5.32 Å². The summed E-state index contributed by atoms with van der Waals surface area (Å²) in [6.07, 6.45) is 0.212. The first kappa shape index (κ1) is 34.5. The lowest BCUT2D eigenvalue weighted by molar-refractivity contribution is -0.140. The Labute approximate surface area is 277 Å². The molecule has 242 valence electrons. The Kier molecular flexibility index (Phi) is 11.1. The molecule has 4 aromatic rings. The van der Waals surface area contributed by atoms with Crippen LogP contribution in [-0.2, 0) is 32.6 Å². The minimum atomic E-state index is -4.21. The van der Waals surface area contributed by atoms with E-state index in [0.29, 0.717) is 22.0 Å². The van der Waals surface area contributed by atoms with Crippen LogP contribution in [0.3, 0.4) is 0 Å². The van der Waals surface area contributed by atoms with E-state index in [1.165, 1.54) is 17.0 Å². The number of carbonyl (C=O) groups excluding carboxylic acids is 2. The number of rotatable bonds is 12. The maximum Gasteiger partial charge on any atom is 0.264 e. The zero-order chi connectivity index (χ0) is 33.5. The van der Waals surface area contributed by atoms with Gasteiger partial charge in [0.1, 0.15) is 18.3 Å². The number of nitrogens with zero attached hydrogens (tertiary/aromatic N) is 2. The first-order valence-electron chi connectivity index (χ1n) is 14.9. The third kappa shape index (κ3) is 8.89. The molecule has 0 aliphatic carbocycles. The summed E-state index contributed by atoms with van der Waals surface area (Å²) in [4.78, 5) is 30.1. The summed E-state index contributed by atoms with van der Waals surface area (Å²) in [6.45, 7) is 6.83. The summed E-state index contributed by atoms with van der Waals surface area (Å²) < 4.78 is 34.9. The second-order valence-corrected chi connectivity index (χ2v) is 14.4. The normalized spacial score (nSPS) is 12.2. The van der Waals surface area contributed by atoms with Gasteiger partial charge in [0.05, 0.1) is 17.7 Å². The van der Waals surface area contributed by atoms with Crippen LogP contribution in [0.15, 0.2) is 108 Å². The molecule has 1 unspecified atom stereocenters. The molecule has 0 saturated heterocycles. The fourth-order valence-electron chi connectivity index (χ4n) is 5.11. The molecular weight excluding hydrogens is 622 g/mol. The summed E-state index contributed by atoms with van der Waals surface area (Å²) in [6, 6.07) is 28.5. The smallest absolute Gasteiger partial charge is 0.264 e. The van der Waals surface area contributed by atoms with Crippen molar-refractivity contribution in [3.05, 3.63) is 125 Å². The van der Waals surface area contributed by atoms with Crippen LogP contribution < -0.4 is 14.4 Å². The van der Waals surface area contributed by atoms with Gasteiger partial charge in [-0.15, -0.1) is 0 Å². The molecule has 0 fully saturated rings. The largest absolute Gasteiger partial charge is 0.497 e. The van der Waals surface area contributed by atoms with E-state index in [9.17, 15) is 18.0 Å². The van der Waals surface area contributed by atoms with Gasteiger partial charge in [-0.25, -0.2) is 8.42 Å². The lowest BCUT2D eigenvalue weighted by Crippen LogP contribution is -2.56. The van der Waals surface area contributed by atoms with Crippen LogP contribution in [-0.4, -0.2) is 50.4 Å². The lowest BCUT2D eigenvalue weighted by Gasteiger charge is -2.35. The summed E-state index contributed by atoms with van der Waals surface area (Å²) in [7, 11) is -2.66. The van der Waals surface area contributed by atoms with Crippen molar-refractivity contribution in [2.24, 2.45) is 0 Å². The zero-order valence-electron chi connectivity index (χ0n) is 26.7. The van der Waals surface area contributed by atoms with Crippen LogP contribution >= 0.6 is 11.6 Å². The minimum absolute atomic E-state index is 0.0304. The summed E-state index contributed by atoms with van der Waals surface area (Å²) in [5, 5.41) is 3.47.